The van der Waals surface area contributed by atoms with Crippen LogP contribution in [0, 0.1) is 5.82 Å². The fourth-order valence-corrected chi connectivity index (χ4v) is 5.17. The van der Waals surface area contributed by atoms with Gasteiger partial charge in [-0.05, 0) is 67.2 Å². The van der Waals surface area contributed by atoms with E-state index < -0.39 is 29.6 Å². The number of benzene rings is 2. The standard InChI is InChI=1S/C26H28FN5O4S/c1-2-36-19-12-10-15(11-13-19)22(25(34)30-17-7-3-4-8-17)32(18-9-5-6-16(27)14-18)26(35)23-20(28)21(24(29)33)31-37-23/h5-6,9-14,17,22H,2-4,7-8,28H2,1H3,(H2,29,33)(H,30,34)/t22-/m0/s1. The van der Waals surface area contributed by atoms with E-state index in [0.717, 1.165) is 31.7 Å². The average Bonchev–Trinajstić information content (AvgIpc) is 3.52. The Morgan fingerprint density at radius 3 is 2.49 bits per heavy atom. The highest BCUT2D eigenvalue weighted by Gasteiger charge is 2.37. The summed E-state index contributed by atoms with van der Waals surface area (Å²) in [6, 6.07) is 10.9. The highest BCUT2D eigenvalue weighted by molar-refractivity contribution is 7.09. The van der Waals surface area contributed by atoms with Crippen molar-refractivity contribution in [1.82, 2.24) is 9.69 Å². The number of ether oxygens (including phenoxy) is 1. The van der Waals surface area contributed by atoms with Crippen molar-refractivity contribution in [3.63, 3.8) is 0 Å². The number of hydrogen-bond acceptors (Lipinski definition) is 7. The molecule has 9 nitrogen and oxygen atoms in total. The van der Waals surface area contributed by atoms with Gasteiger partial charge in [-0.3, -0.25) is 19.3 Å². The number of nitrogens with two attached hydrogens (primary N) is 2. The number of nitrogen functional groups attached to an aromatic ring is 1. The number of amides is 3. The molecule has 1 saturated carbocycles. The van der Waals surface area contributed by atoms with Crippen LogP contribution in [-0.4, -0.2) is 34.7 Å². The minimum atomic E-state index is -1.18. The van der Waals surface area contributed by atoms with Gasteiger partial charge >= 0.3 is 0 Å². The third kappa shape index (κ3) is 5.72. The van der Waals surface area contributed by atoms with Gasteiger partial charge in [0.15, 0.2) is 5.69 Å². The molecule has 1 aliphatic carbocycles. The van der Waals surface area contributed by atoms with Crippen molar-refractivity contribution in [3.05, 3.63) is 70.5 Å². The Hall–Kier alpha value is -3.99. The summed E-state index contributed by atoms with van der Waals surface area (Å²) in [5.41, 5.74) is 11.6. The number of aromatic nitrogens is 1. The Morgan fingerprint density at radius 1 is 1.19 bits per heavy atom. The van der Waals surface area contributed by atoms with Gasteiger partial charge in [0.2, 0.25) is 5.91 Å². The smallest absolute Gasteiger partial charge is 0.273 e. The van der Waals surface area contributed by atoms with Gasteiger partial charge in [-0.2, -0.15) is 4.37 Å². The van der Waals surface area contributed by atoms with Crippen LogP contribution < -0.4 is 26.4 Å². The van der Waals surface area contributed by atoms with E-state index in [4.69, 9.17) is 16.2 Å². The first-order chi connectivity index (χ1) is 17.8. The number of halogens is 1. The van der Waals surface area contributed by atoms with Crippen LogP contribution in [0.15, 0.2) is 48.5 Å². The molecule has 4 rings (SSSR count). The number of anilines is 2. The molecule has 194 valence electrons. The number of primary amides is 1. The highest BCUT2D eigenvalue weighted by atomic mass is 32.1. The molecular weight excluding hydrogens is 497 g/mol. The molecule has 1 aromatic heterocycles. The largest absolute Gasteiger partial charge is 0.494 e. The maximum atomic E-state index is 14.4. The molecule has 0 aliphatic heterocycles. The van der Waals surface area contributed by atoms with Crippen molar-refractivity contribution in [3.8, 4) is 5.75 Å². The lowest BCUT2D eigenvalue weighted by Gasteiger charge is -2.32. The average molecular weight is 526 g/mol. The zero-order chi connectivity index (χ0) is 26.5. The van der Waals surface area contributed by atoms with Gasteiger partial charge in [-0.25, -0.2) is 4.39 Å². The Morgan fingerprint density at radius 2 is 1.89 bits per heavy atom. The molecule has 0 spiro atoms. The second-order valence-corrected chi connectivity index (χ2v) is 9.46. The highest BCUT2D eigenvalue weighted by Crippen LogP contribution is 2.34. The second-order valence-electron chi connectivity index (χ2n) is 8.69. The summed E-state index contributed by atoms with van der Waals surface area (Å²) in [6.07, 6.45) is 3.66. The molecule has 2 aromatic carbocycles. The number of rotatable bonds is 9. The molecule has 3 amide bonds. The van der Waals surface area contributed by atoms with Crippen molar-refractivity contribution in [2.24, 2.45) is 5.73 Å². The van der Waals surface area contributed by atoms with Gasteiger partial charge in [0.1, 0.15) is 22.5 Å². The van der Waals surface area contributed by atoms with Crippen molar-refractivity contribution in [2.45, 2.75) is 44.7 Å². The van der Waals surface area contributed by atoms with Crippen LogP contribution in [0.4, 0.5) is 15.8 Å². The Kier molecular flexibility index (Phi) is 8.02. The summed E-state index contributed by atoms with van der Waals surface area (Å²) in [5, 5.41) is 3.05. The molecule has 5 N–H and O–H groups in total. The first kappa shape index (κ1) is 26.1. The Balaban J connectivity index is 1.84. The normalized spacial score (nSPS) is 14.2. The van der Waals surface area contributed by atoms with Crippen LogP contribution in [0.1, 0.15) is 64.4 Å². The monoisotopic (exact) mass is 525 g/mol. The van der Waals surface area contributed by atoms with Crippen LogP contribution in [0.25, 0.3) is 0 Å². The first-order valence-corrected chi connectivity index (χ1v) is 12.7. The molecule has 11 heteroatoms. The van der Waals surface area contributed by atoms with Crippen LogP contribution in [0.2, 0.25) is 0 Å². The third-order valence-electron chi connectivity index (χ3n) is 6.18. The quantitative estimate of drug-likeness (QED) is 0.388. The van der Waals surface area contributed by atoms with Gasteiger partial charge < -0.3 is 21.5 Å². The van der Waals surface area contributed by atoms with E-state index in [9.17, 15) is 18.8 Å². The topological polar surface area (TPSA) is 141 Å². The van der Waals surface area contributed by atoms with Crippen molar-refractivity contribution >= 4 is 40.6 Å². The summed E-state index contributed by atoms with van der Waals surface area (Å²) in [5.74, 6) is -2.01. The number of carbonyl (C=O) groups excluding carboxylic acids is 3. The van der Waals surface area contributed by atoms with Crippen molar-refractivity contribution < 1.29 is 23.5 Å². The maximum Gasteiger partial charge on any atom is 0.273 e. The summed E-state index contributed by atoms with van der Waals surface area (Å²) < 4.78 is 23.8. The zero-order valence-corrected chi connectivity index (χ0v) is 21.1. The number of nitrogens with zero attached hydrogens (tertiary/aromatic N) is 2. The molecule has 1 heterocycles. The van der Waals surface area contributed by atoms with Gasteiger partial charge in [0, 0.05) is 11.7 Å². The minimum absolute atomic E-state index is 0.0305. The predicted octanol–water partition coefficient (Wildman–Crippen LogP) is 3.81. The van der Waals surface area contributed by atoms with Gasteiger partial charge in [-0.15, -0.1) is 0 Å². The number of nitrogens with one attached hydrogen (secondary N) is 1. The predicted molar refractivity (Wildman–Crippen MR) is 139 cm³/mol. The molecule has 3 aromatic rings. The first-order valence-electron chi connectivity index (χ1n) is 12.0. The van der Waals surface area contributed by atoms with E-state index in [-0.39, 0.29) is 28.0 Å². The van der Waals surface area contributed by atoms with Gasteiger partial charge in [0.05, 0.1) is 12.3 Å². The molecular formula is C26H28FN5O4S. The van der Waals surface area contributed by atoms with Crippen molar-refractivity contribution in [1.29, 1.82) is 0 Å². The molecule has 0 radical (unpaired) electrons. The number of hydrogen-bond donors (Lipinski definition) is 3. The third-order valence-corrected chi connectivity index (χ3v) is 7.03. The Labute approximate surface area is 217 Å². The van der Waals surface area contributed by atoms with Crippen LogP contribution >= 0.6 is 11.5 Å². The van der Waals surface area contributed by atoms with E-state index in [2.05, 4.69) is 9.69 Å². The summed E-state index contributed by atoms with van der Waals surface area (Å²) in [7, 11) is 0. The van der Waals surface area contributed by atoms with E-state index in [1.807, 2.05) is 6.92 Å². The molecule has 1 aliphatic rings. The van der Waals surface area contributed by atoms with Crippen LogP contribution in [-0.2, 0) is 4.79 Å². The minimum Gasteiger partial charge on any atom is -0.494 e. The molecule has 0 unspecified atom stereocenters. The van der Waals surface area contributed by atoms with E-state index in [1.165, 1.54) is 23.1 Å². The lowest BCUT2D eigenvalue weighted by molar-refractivity contribution is -0.123. The van der Waals surface area contributed by atoms with Crippen molar-refractivity contribution in [2.75, 3.05) is 17.2 Å². The fraction of sp³-hybridized carbons (Fsp3) is 0.308. The van der Waals surface area contributed by atoms with Crippen LogP contribution in [0.5, 0.6) is 5.75 Å². The van der Waals surface area contributed by atoms with E-state index in [0.29, 0.717) is 29.5 Å². The second kappa shape index (κ2) is 11.4. The van der Waals surface area contributed by atoms with Gasteiger partial charge in [-0.1, -0.05) is 31.0 Å². The SMILES string of the molecule is CCOc1ccc([C@@H](C(=O)NC2CCCC2)N(C(=O)c2snc(C(N)=O)c2N)c2cccc(F)c2)cc1. The number of carbonyl (C=O) groups is 3. The van der Waals surface area contributed by atoms with Gasteiger partial charge in [0.25, 0.3) is 11.8 Å². The molecule has 1 fully saturated rings. The van der Waals surface area contributed by atoms with Crippen LogP contribution in [0.3, 0.4) is 0 Å². The van der Waals surface area contributed by atoms with E-state index in [1.54, 1.807) is 24.3 Å². The lowest BCUT2D eigenvalue weighted by atomic mass is 10.0. The summed E-state index contributed by atoms with van der Waals surface area (Å²) >= 11 is 0.694. The molecule has 0 saturated heterocycles. The molecule has 1 atom stereocenters. The molecule has 0 bridgehead atoms. The van der Waals surface area contributed by atoms with E-state index >= 15 is 0 Å². The fourth-order valence-electron chi connectivity index (χ4n) is 4.43. The summed E-state index contributed by atoms with van der Waals surface area (Å²) in [4.78, 5) is 40.6. The zero-order valence-electron chi connectivity index (χ0n) is 20.3. The molecule has 37 heavy (non-hydrogen) atoms. The summed E-state index contributed by atoms with van der Waals surface area (Å²) in [6.45, 7) is 2.32. The maximum absolute atomic E-state index is 14.4. The Bertz CT molecular complexity index is 1290. The lowest BCUT2D eigenvalue weighted by Crippen LogP contribution is -2.46.